The molecule has 0 saturated heterocycles. The Labute approximate surface area is 126 Å². The third kappa shape index (κ3) is 3.53. The molecule has 0 bridgehead atoms. The van der Waals surface area contributed by atoms with Gasteiger partial charge in [-0.05, 0) is 32.6 Å². The Hall–Kier alpha value is -1.73. The van der Waals surface area contributed by atoms with E-state index in [9.17, 15) is 18.0 Å². The molecule has 0 aliphatic heterocycles. The monoisotopic (exact) mass is 319 g/mol. The Bertz CT molecular complexity index is 536. The van der Waals surface area contributed by atoms with Gasteiger partial charge in [-0.3, -0.25) is 0 Å². The van der Waals surface area contributed by atoms with Gasteiger partial charge in [0.2, 0.25) is 0 Å². The minimum Gasteiger partial charge on any atom is -0.468 e. The lowest BCUT2D eigenvalue weighted by atomic mass is 9.98. The zero-order chi connectivity index (χ0) is 16.4. The van der Waals surface area contributed by atoms with Crippen molar-refractivity contribution in [1.29, 1.82) is 0 Å². The first-order valence-corrected chi connectivity index (χ1v) is 7.24. The van der Waals surface area contributed by atoms with Gasteiger partial charge in [-0.2, -0.15) is 13.2 Å². The molecule has 0 spiro atoms. The number of rotatable bonds is 6. The number of ether oxygens (including phenoxy) is 1. The molecule has 1 heterocycles. The average molecular weight is 319 g/mol. The SMILES string of the molecule is COc1nc(C)cn1C(=O)NCCCCC1(C(F)(F)F)CC1. The highest BCUT2D eigenvalue weighted by molar-refractivity contribution is 5.78. The van der Waals surface area contributed by atoms with Gasteiger partial charge in [0.1, 0.15) is 0 Å². The lowest BCUT2D eigenvalue weighted by Gasteiger charge is -2.18. The summed E-state index contributed by atoms with van der Waals surface area (Å²) >= 11 is 0. The Balaban J connectivity index is 1.72. The van der Waals surface area contributed by atoms with E-state index in [-0.39, 0.29) is 25.3 Å². The van der Waals surface area contributed by atoms with E-state index in [1.54, 1.807) is 6.92 Å². The highest BCUT2D eigenvalue weighted by Crippen LogP contribution is 2.60. The molecule has 1 aromatic rings. The van der Waals surface area contributed by atoms with Crippen LogP contribution < -0.4 is 10.1 Å². The van der Waals surface area contributed by atoms with Crippen LogP contribution in [0.25, 0.3) is 0 Å². The van der Waals surface area contributed by atoms with Crippen LogP contribution in [0.4, 0.5) is 18.0 Å². The van der Waals surface area contributed by atoms with E-state index in [4.69, 9.17) is 4.74 Å². The number of carbonyl (C=O) groups excluding carboxylic acids is 1. The first-order valence-electron chi connectivity index (χ1n) is 7.24. The maximum Gasteiger partial charge on any atom is 0.394 e. The second-order valence-electron chi connectivity index (χ2n) is 5.71. The molecule has 0 aromatic carbocycles. The van der Waals surface area contributed by atoms with Crippen molar-refractivity contribution >= 4 is 6.03 Å². The van der Waals surface area contributed by atoms with Gasteiger partial charge in [-0.25, -0.2) is 14.3 Å². The quantitative estimate of drug-likeness (QED) is 0.819. The molecule has 1 saturated carbocycles. The van der Waals surface area contributed by atoms with Crippen molar-refractivity contribution in [3.05, 3.63) is 11.9 Å². The van der Waals surface area contributed by atoms with Crippen molar-refractivity contribution in [2.24, 2.45) is 5.41 Å². The third-order valence-electron chi connectivity index (χ3n) is 4.01. The second-order valence-corrected chi connectivity index (χ2v) is 5.71. The molecule has 1 N–H and O–H groups in total. The molecule has 0 atom stereocenters. The van der Waals surface area contributed by atoms with Crippen LogP contribution in [-0.2, 0) is 0 Å². The molecule has 1 amide bonds. The van der Waals surface area contributed by atoms with Crippen molar-refractivity contribution in [2.45, 2.75) is 45.2 Å². The molecule has 124 valence electrons. The summed E-state index contributed by atoms with van der Waals surface area (Å²) in [5, 5.41) is 2.66. The summed E-state index contributed by atoms with van der Waals surface area (Å²) in [6.07, 6.45) is -1.00. The number of imidazole rings is 1. The maximum atomic E-state index is 12.7. The highest BCUT2D eigenvalue weighted by Gasteiger charge is 2.62. The molecule has 8 heteroatoms. The minimum atomic E-state index is -4.10. The average Bonchev–Trinajstić information content (AvgIpc) is 3.14. The highest BCUT2D eigenvalue weighted by atomic mass is 19.4. The van der Waals surface area contributed by atoms with Gasteiger partial charge in [0.25, 0.3) is 0 Å². The Morgan fingerprint density at radius 2 is 2.14 bits per heavy atom. The fourth-order valence-corrected chi connectivity index (χ4v) is 2.46. The topological polar surface area (TPSA) is 56.2 Å². The Kier molecular flexibility index (Phi) is 4.67. The van der Waals surface area contributed by atoms with Crippen LogP contribution in [0.5, 0.6) is 6.01 Å². The number of amides is 1. The first-order chi connectivity index (χ1) is 10.3. The summed E-state index contributed by atoms with van der Waals surface area (Å²) in [6.45, 7) is 2.06. The van der Waals surface area contributed by atoms with E-state index in [1.807, 2.05) is 0 Å². The van der Waals surface area contributed by atoms with Crippen LogP contribution in [0, 0.1) is 12.3 Å². The first kappa shape index (κ1) is 16.6. The number of alkyl halides is 3. The lowest BCUT2D eigenvalue weighted by molar-refractivity contribution is -0.189. The summed E-state index contributed by atoms with van der Waals surface area (Å²) < 4.78 is 44.5. The molecule has 2 rings (SSSR count). The molecule has 1 aromatic heterocycles. The molecular formula is C14H20F3N3O2. The molecule has 22 heavy (non-hydrogen) atoms. The molecule has 1 fully saturated rings. The molecule has 0 radical (unpaired) electrons. The number of unbranched alkanes of at least 4 members (excludes halogenated alkanes) is 1. The standard InChI is InChI=1S/C14H20F3N3O2/c1-10-9-20(12(19-10)22-2)11(21)18-8-4-3-5-13(6-7-13)14(15,16)17/h9H,3-8H2,1-2H3,(H,18,21). The largest absolute Gasteiger partial charge is 0.468 e. The number of methoxy groups -OCH3 is 1. The number of nitrogens with one attached hydrogen (secondary N) is 1. The number of aryl methyl sites for hydroxylation is 1. The lowest BCUT2D eigenvalue weighted by Crippen LogP contribution is -2.29. The minimum absolute atomic E-state index is 0.139. The molecule has 1 aliphatic carbocycles. The summed E-state index contributed by atoms with van der Waals surface area (Å²) in [4.78, 5) is 15.9. The zero-order valence-corrected chi connectivity index (χ0v) is 12.7. The summed E-state index contributed by atoms with van der Waals surface area (Å²) in [5.41, 5.74) is -0.810. The van der Waals surface area contributed by atoms with Crippen molar-refractivity contribution in [1.82, 2.24) is 14.9 Å². The van der Waals surface area contributed by atoms with E-state index in [0.29, 0.717) is 25.1 Å². The normalized spacial score (nSPS) is 16.4. The van der Waals surface area contributed by atoms with E-state index in [0.717, 1.165) is 0 Å². The Morgan fingerprint density at radius 3 is 2.68 bits per heavy atom. The van der Waals surface area contributed by atoms with Crippen LogP contribution in [0.3, 0.4) is 0 Å². The van der Waals surface area contributed by atoms with Crippen LogP contribution in [0.1, 0.15) is 37.8 Å². The summed E-state index contributed by atoms with van der Waals surface area (Å²) in [5.74, 6) is 0. The van der Waals surface area contributed by atoms with Crippen LogP contribution in [0.2, 0.25) is 0 Å². The van der Waals surface area contributed by atoms with Gasteiger partial charge >= 0.3 is 18.2 Å². The van der Waals surface area contributed by atoms with E-state index >= 15 is 0 Å². The van der Waals surface area contributed by atoms with Gasteiger partial charge in [0.05, 0.1) is 18.2 Å². The Morgan fingerprint density at radius 1 is 1.45 bits per heavy atom. The second kappa shape index (κ2) is 6.18. The summed E-state index contributed by atoms with van der Waals surface area (Å²) in [7, 11) is 1.41. The number of nitrogens with zero attached hydrogens (tertiary/aromatic N) is 2. The van der Waals surface area contributed by atoms with E-state index in [1.165, 1.54) is 17.9 Å². The van der Waals surface area contributed by atoms with Crippen LogP contribution in [0.15, 0.2) is 6.20 Å². The molecule has 1 aliphatic rings. The fraction of sp³-hybridized carbons (Fsp3) is 0.714. The number of hydrogen-bond acceptors (Lipinski definition) is 3. The smallest absolute Gasteiger partial charge is 0.394 e. The van der Waals surface area contributed by atoms with Gasteiger partial charge in [-0.1, -0.05) is 6.42 Å². The maximum absolute atomic E-state index is 12.7. The van der Waals surface area contributed by atoms with Crippen LogP contribution in [-0.4, -0.2) is 35.4 Å². The zero-order valence-electron chi connectivity index (χ0n) is 12.7. The van der Waals surface area contributed by atoms with Crippen molar-refractivity contribution in [2.75, 3.05) is 13.7 Å². The van der Waals surface area contributed by atoms with Crippen molar-refractivity contribution in [3.63, 3.8) is 0 Å². The van der Waals surface area contributed by atoms with E-state index < -0.39 is 17.6 Å². The number of carbonyl (C=O) groups is 1. The van der Waals surface area contributed by atoms with Crippen molar-refractivity contribution < 1.29 is 22.7 Å². The molecular weight excluding hydrogens is 299 g/mol. The number of halogens is 3. The predicted molar refractivity (Wildman–Crippen MR) is 73.9 cm³/mol. The molecule has 5 nitrogen and oxygen atoms in total. The van der Waals surface area contributed by atoms with Crippen LogP contribution >= 0.6 is 0 Å². The van der Waals surface area contributed by atoms with Gasteiger partial charge in [0, 0.05) is 12.7 Å². The van der Waals surface area contributed by atoms with Gasteiger partial charge < -0.3 is 10.1 Å². The summed E-state index contributed by atoms with van der Waals surface area (Å²) in [6, 6.07) is -0.210. The predicted octanol–water partition coefficient (Wildman–Crippen LogP) is 3.27. The number of hydrogen-bond donors (Lipinski definition) is 1. The van der Waals surface area contributed by atoms with Crippen molar-refractivity contribution in [3.8, 4) is 6.01 Å². The van der Waals surface area contributed by atoms with Gasteiger partial charge in [0.15, 0.2) is 0 Å². The number of aromatic nitrogens is 2. The van der Waals surface area contributed by atoms with Gasteiger partial charge in [-0.15, -0.1) is 0 Å². The molecule has 0 unspecified atom stereocenters. The van der Waals surface area contributed by atoms with E-state index in [2.05, 4.69) is 10.3 Å². The fourth-order valence-electron chi connectivity index (χ4n) is 2.46. The third-order valence-corrected chi connectivity index (χ3v) is 4.01.